The molecule has 0 heterocycles. The predicted molar refractivity (Wildman–Crippen MR) is 79.9 cm³/mol. The Labute approximate surface area is 106 Å². The van der Waals surface area contributed by atoms with Crippen LogP contribution in [0.4, 0.5) is 0 Å². The quantitative estimate of drug-likeness (QED) is 0.538. The Kier molecular flexibility index (Phi) is 8.40. The lowest BCUT2D eigenvalue weighted by Crippen LogP contribution is -1.82. The van der Waals surface area contributed by atoms with Gasteiger partial charge in [0.15, 0.2) is 0 Å². The zero-order valence-corrected chi connectivity index (χ0v) is 11.1. The zero-order chi connectivity index (χ0) is 13.1. The zero-order valence-electron chi connectivity index (χ0n) is 11.1. The Balaban J connectivity index is 5.09. The number of rotatable bonds is 6. The molecule has 0 saturated carbocycles. The SMILES string of the molecule is C=C/C(C)=C\C=C(/C=C)C(=CC)/C=C\C=C/C. The summed E-state index contributed by atoms with van der Waals surface area (Å²) in [4.78, 5) is 0. The van der Waals surface area contributed by atoms with Crippen LogP contribution in [0.2, 0.25) is 0 Å². The van der Waals surface area contributed by atoms with Crippen LogP contribution >= 0.6 is 0 Å². The summed E-state index contributed by atoms with van der Waals surface area (Å²) >= 11 is 0. The maximum absolute atomic E-state index is 3.85. The molecule has 0 aliphatic carbocycles. The van der Waals surface area contributed by atoms with Crippen LogP contribution in [-0.4, -0.2) is 0 Å². The summed E-state index contributed by atoms with van der Waals surface area (Å²) in [5.74, 6) is 0. The molecule has 0 aliphatic rings. The van der Waals surface area contributed by atoms with Crippen molar-refractivity contribution >= 4 is 0 Å². The minimum atomic E-state index is 1.11. The lowest BCUT2D eigenvalue weighted by molar-refractivity contribution is 1.48. The van der Waals surface area contributed by atoms with Crippen LogP contribution in [0.15, 0.2) is 84.6 Å². The van der Waals surface area contributed by atoms with Crippen molar-refractivity contribution in [3.8, 4) is 0 Å². The van der Waals surface area contributed by atoms with E-state index < -0.39 is 0 Å². The van der Waals surface area contributed by atoms with Gasteiger partial charge in [-0.1, -0.05) is 73.4 Å². The molecule has 0 atom stereocenters. The van der Waals surface area contributed by atoms with Gasteiger partial charge in [0, 0.05) is 0 Å². The Hall–Kier alpha value is -1.82. The summed E-state index contributed by atoms with van der Waals surface area (Å²) in [5.41, 5.74) is 3.40. The van der Waals surface area contributed by atoms with Gasteiger partial charge < -0.3 is 0 Å². The highest BCUT2D eigenvalue weighted by atomic mass is 14.0. The molecule has 0 nitrogen and oxygen atoms in total. The van der Waals surface area contributed by atoms with Crippen LogP contribution in [0, 0.1) is 0 Å². The highest BCUT2D eigenvalue weighted by molar-refractivity contribution is 5.48. The van der Waals surface area contributed by atoms with E-state index in [1.165, 1.54) is 0 Å². The molecule has 0 aromatic heterocycles. The standard InChI is InChI=1S/C17H22/c1-6-10-11-12-16(8-3)17(9-4)14-13-15(5)7-2/h6-14H,2,4H2,1,3,5H3/b10-6-,12-11-,15-13-,16-8?,17-14+. The van der Waals surface area contributed by atoms with Crippen LogP contribution < -0.4 is 0 Å². The first-order valence-corrected chi connectivity index (χ1v) is 5.79. The van der Waals surface area contributed by atoms with Gasteiger partial charge in [-0.25, -0.2) is 0 Å². The van der Waals surface area contributed by atoms with Gasteiger partial charge in [-0.15, -0.1) is 0 Å². The average molecular weight is 226 g/mol. The maximum Gasteiger partial charge on any atom is -0.0193 e. The smallest absolute Gasteiger partial charge is 0.0193 e. The summed E-state index contributed by atoms with van der Waals surface area (Å²) in [6.07, 6.45) is 18.0. The molecule has 0 saturated heterocycles. The summed E-state index contributed by atoms with van der Waals surface area (Å²) in [7, 11) is 0. The van der Waals surface area contributed by atoms with E-state index in [-0.39, 0.29) is 0 Å². The number of hydrogen-bond donors (Lipinski definition) is 0. The van der Waals surface area contributed by atoms with E-state index in [0.29, 0.717) is 0 Å². The lowest BCUT2D eigenvalue weighted by Gasteiger charge is -2.01. The third-order valence-electron chi connectivity index (χ3n) is 2.29. The minimum absolute atomic E-state index is 1.11. The monoisotopic (exact) mass is 226 g/mol. The van der Waals surface area contributed by atoms with Crippen molar-refractivity contribution in [3.63, 3.8) is 0 Å². The predicted octanol–water partition coefficient (Wildman–Crippen LogP) is 5.31. The van der Waals surface area contributed by atoms with Crippen LogP contribution in [0.25, 0.3) is 0 Å². The van der Waals surface area contributed by atoms with E-state index in [4.69, 9.17) is 0 Å². The van der Waals surface area contributed by atoms with Crippen LogP contribution in [0.1, 0.15) is 20.8 Å². The van der Waals surface area contributed by atoms with Crippen LogP contribution in [0.3, 0.4) is 0 Å². The third kappa shape index (κ3) is 6.36. The molecule has 17 heavy (non-hydrogen) atoms. The molecule has 0 spiro atoms. The Bertz CT molecular complexity index is 396. The molecule has 0 bridgehead atoms. The molecule has 0 fully saturated rings. The van der Waals surface area contributed by atoms with Crippen molar-refractivity contribution in [1.29, 1.82) is 0 Å². The van der Waals surface area contributed by atoms with E-state index in [2.05, 4.69) is 31.4 Å². The maximum atomic E-state index is 3.85. The molecule has 90 valence electrons. The number of hydrogen-bond acceptors (Lipinski definition) is 0. The van der Waals surface area contributed by atoms with Crippen molar-refractivity contribution in [2.75, 3.05) is 0 Å². The molecule has 0 radical (unpaired) electrons. The Morgan fingerprint density at radius 3 is 2.06 bits per heavy atom. The molecule has 0 heteroatoms. The van der Waals surface area contributed by atoms with Crippen LogP contribution in [-0.2, 0) is 0 Å². The van der Waals surface area contributed by atoms with Gasteiger partial charge in [0.25, 0.3) is 0 Å². The van der Waals surface area contributed by atoms with Gasteiger partial charge in [0.1, 0.15) is 0 Å². The lowest BCUT2D eigenvalue weighted by atomic mass is 10.0. The van der Waals surface area contributed by atoms with Gasteiger partial charge in [-0.2, -0.15) is 0 Å². The molecule has 0 aliphatic heterocycles. The molecule has 0 aromatic rings. The highest BCUT2D eigenvalue weighted by Crippen LogP contribution is 2.13. The number of allylic oxidation sites excluding steroid dienone is 12. The van der Waals surface area contributed by atoms with Crippen molar-refractivity contribution in [2.24, 2.45) is 0 Å². The van der Waals surface area contributed by atoms with E-state index >= 15 is 0 Å². The Morgan fingerprint density at radius 2 is 1.59 bits per heavy atom. The highest BCUT2D eigenvalue weighted by Gasteiger charge is 1.94. The van der Waals surface area contributed by atoms with Gasteiger partial charge >= 0.3 is 0 Å². The molecule has 0 N–H and O–H groups in total. The van der Waals surface area contributed by atoms with Gasteiger partial charge in [0.2, 0.25) is 0 Å². The van der Waals surface area contributed by atoms with E-state index in [9.17, 15) is 0 Å². The molecule has 0 unspecified atom stereocenters. The summed E-state index contributed by atoms with van der Waals surface area (Å²) in [5, 5.41) is 0. The van der Waals surface area contributed by atoms with Gasteiger partial charge in [-0.3, -0.25) is 0 Å². The van der Waals surface area contributed by atoms with Crippen molar-refractivity contribution in [3.05, 3.63) is 84.6 Å². The molecule has 0 rings (SSSR count). The summed E-state index contributed by atoms with van der Waals surface area (Å²) in [6, 6.07) is 0. The fraction of sp³-hybridized carbons (Fsp3) is 0.176. The molecular weight excluding hydrogens is 204 g/mol. The first-order chi connectivity index (χ1) is 8.19. The van der Waals surface area contributed by atoms with Crippen molar-refractivity contribution in [1.82, 2.24) is 0 Å². The van der Waals surface area contributed by atoms with E-state index in [1.54, 1.807) is 0 Å². The molecule has 0 amide bonds. The second kappa shape index (κ2) is 9.41. The fourth-order valence-corrected chi connectivity index (χ4v) is 1.20. The Morgan fingerprint density at radius 1 is 0.882 bits per heavy atom. The minimum Gasteiger partial charge on any atom is -0.0988 e. The molecule has 0 aromatic carbocycles. The van der Waals surface area contributed by atoms with Gasteiger partial charge in [-0.05, 0) is 31.9 Å². The van der Waals surface area contributed by atoms with Crippen LogP contribution in [0.5, 0.6) is 0 Å². The van der Waals surface area contributed by atoms with Crippen molar-refractivity contribution in [2.45, 2.75) is 20.8 Å². The average Bonchev–Trinajstić information content (AvgIpc) is 2.36. The first kappa shape index (κ1) is 15.2. The third-order valence-corrected chi connectivity index (χ3v) is 2.29. The van der Waals surface area contributed by atoms with Gasteiger partial charge in [0.05, 0.1) is 0 Å². The largest absolute Gasteiger partial charge is 0.0988 e. The van der Waals surface area contributed by atoms with Crippen molar-refractivity contribution < 1.29 is 0 Å². The molecular formula is C17H22. The fourth-order valence-electron chi connectivity index (χ4n) is 1.20. The normalized spacial score (nSPS) is 14.6. The first-order valence-electron chi connectivity index (χ1n) is 5.79. The van der Waals surface area contributed by atoms with E-state index in [0.717, 1.165) is 16.7 Å². The second-order valence-corrected chi connectivity index (χ2v) is 3.57. The summed E-state index contributed by atoms with van der Waals surface area (Å²) < 4.78 is 0. The second-order valence-electron chi connectivity index (χ2n) is 3.57. The topological polar surface area (TPSA) is 0 Å². The summed E-state index contributed by atoms with van der Waals surface area (Å²) in [6.45, 7) is 13.6. The van der Waals surface area contributed by atoms with E-state index in [1.807, 2.05) is 57.2 Å².